The molecule has 0 atom stereocenters. The molecule has 0 saturated heterocycles. The Hall–Kier alpha value is -2.37. The number of benzene rings is 1. The third-order valence-electron chi connectivity index (χ3n) is 3.89. The van der Waals surface area contributed by atoms with E-state index in [4.69, 9.17) is 5.11 Å². The van der Waals surface area contributed by atoms with Crippen LogP contribution in [0.2, 0.25) is 0 Å². The van der Waals surface area contributed by atoms with Gasteiger partial charge in [-0.05, 0) is 37.0 Å². The van der Waals surface area contributed by atoms with E-state index >= 15 is 0 Å². The number of carbonyl (C=O) groups is 3. The molecule has 1 rings (SSSR count). The normalized spacial score (nSPS) is 11.3. The summed E-state index contributed by atoms with van der Waals surface area (Å²) in [7, 11) is 0. The second-order valence-corrected chi connectivity index (χ2v) is 7.40. The fraction of sp³-hybridized carbons (Fsp3) is 0.526. The summed E-state index contributed by atoms with van der Waals surface area (Å²) in [6.07, 6.45) is 0.0714. The van der Waals surface area contributed by atoms with Gasteiger partial charge in [0, 0.05) is 31.6 Å². The van der Waals surface area contributed by atoms with Gasteiger partial charge in [-0.3, -0.25) is 14.4 Å². The molecule has 138 valence electrons. The van der Waals surface area contributed by atoms with E-state index in [1.54, 1.807) is 37.8 Å². The lowest BCUT2D eigenvalue weighted by Crippen LogP contribution is -2.34. The largest absolute Gasteiger partial charge is 0.481 e. The van der Waals surface area contributed by atoms with Crippen LogP contribution in [0.1, 0.15) is 53.0 Å². The van der Waals surface area contributed by atoms with Gasteiger partial charge in [0.15, 0.2) is 0 Å². The maximum Gasteiger partial charge on any atom is 0.303 e. The van der Waals surface area contributed by atoms with Crippen molar-refractivity contribution in [2.24, 2.45) is 5.41 Å². The molecule has 6 heteroatoms. The number of aliphatic carboxylic acids is 1. The molecular weight excluding hydrogens is 320 g/mol. The smallest absolute Gasteiger partial charge is 0.303 e. The van der Waals surface area contributed by atoms with Crippen LogP contribution in [0.25, 0.3) is 0 Å². The molecule has 1 aromatic rings. The van der Waals surface area contributed by atoms with E-state index in [1.165, 1.54) is 0 Å². The molecule has 0 aliphatic carbocycles. The standard InChI is InChI=1S/C19H28N2O4/c1-13(2)21(14(3)22)12-15-6-8-16(9-7-15)20-17(23)10-19(4,5)11-18(24)25/h6-9,13H,10-12H2,1-5H3,(H,20,23)(H,24,25). The zero-order valence-electron chi connectivity index (χ0n) is 15.6. The lowest BCUT2D eigenvalue weighted by Gasteiger charge is -2.25. The Kier molecular flexibility index (Phi) is 7.15. The van der Waals surface area contributed by atoms with E-state index in [9.17, 15) is 14.4 Å². The molecule has 0 aromatic heterocycles. The molecule has 1 aromatic carbocycles. The van der Waals surface area contributed by atoms with Crippen LogP contribution in [0.5, 0.6) is 0 Å². The topological polar surface area (TPSA) is 86.7 Å². The number of nitrogens with zero attached hydrogens (tertiary/aromatic N) is 1. The van der Waals surface area contributed by atoms with Crippen LogP contribution in [0, 0.1) is 5.41 Å². The van der Waals surface area contributed by atoms with Crippen LogP contribution >= 0.6 is 0 Å². The second-order valence-electron chi connectivity index (χ2n) is 7.40. The van der Waals surface area contributed by atoms with E-state index in [-0.39, 0.29) is 30.7 Å². The summed E-state index contributed by atoms with van der Waals surface area (Å²) in [4.78, 5) is 36.3. The number of carboxylic acids is 1. The Balaban J connectivity index is 2.66. The van der Waals surface area contributed by atoms with Gasteiger partial charge in [-0.2, -0.15) is 0 Å². The maximum atomic E-state index is 12.1. The van der Waals surface area contributed by atoms with Crippen LogP contribution in [0.4, 0.5) is 5.69 Å². The first kappa shape index (κ1) is 20.7. The summed E-state index contributed by atoms with van der Waals surface area (Å²) >= 11 is 0. The molecule has 2 N–H and O–H groups in total. The minimum Gasteiger partial charge on any atom is -0.481 e. The third-order valence-corrected chi connectivity index (χ3v) is 3.89. The first-order chi connectivity index (χ1) is 11.5. The van der Waals surface area contributed by atoms with Gasteiger partial charge in [0.2, 0.25) is 11.8 Å². The van der Waals surface area contributed by atoms with Gasteiger partial charge in [0.25, 0.3) is 0 Å². The Labute approximate surface area is 149 Å². The number of nitrogens with one attached hydrogen (secondary N) is 1. The molecule has 0 unspecified atom stereocenters. The summed E-state index contributed by atoms with van der Waals surface area (Å²) in [5, 5.41) is 11.7. The van der Waals surface area contributed by atoms with Gasteiger partial charge in [0.1, 0.15) is 0 Å². The minimum absolute atomic E-state index is 0.0213. The van der Waals surface area contributed by atoms with E-state index in [0.717, 1.165) is 5.56 Å². The van der Waals surface area contributed by atoms with Gasteiger partial charge in [-0.1, -0.05) is 26.0 Å². The molecule has 0 bridgehead atoms. The van der Waals surface area contributed by atoms with Crippen molar-refractivity contribution in [2.75, 3.05) is 5.32 Å². The molecule has 0 fully saturated rings. The third kappa shape index (κ3) is 7.37. The van der Waals surface area contributed by atoms with Crippen molar-refractivity contribution in [3.63, 3.8) is 0 Å². The lowest BCUT2D eigenvalue weighted by atomic mass is 9.85. The first-order valence-electron chi connectivity index (χ1n) is 8.38. The van der Waals surface area contributed by atoms with Crippen molar-refractivity contribution in [2.45, 2.75) is 60.0 Å². The molecule has 25 heavy (non-hydrogen) atoms. The van der Waals surface area contributed by atoms with Gasteiger partial charge < -0.3 is 15.3 Å². The molecule has 0 aliphatic rings. The van der Waals surface area contributed by atoms with Crippen molar-refractivity contribution < 1.29 is 19.5 Å². The fourth-order valence-electron chi connectivity index (χ4n) is 2.66. The average molecular weight is 348 g/mol. The number of amides is 2. The van der Waals surface area contributed by atoms with Gasteiger partial charge in [0.05, 0.1) is 6.42 Å². The Morgan fingerprint density at radius 3 is 2.12 bits per heavy atom. The predicted molar refractivity (Wildman–Crippen MR) is 97.1 cm³/mol. The number of carboxylic acid groups (broad SMARTS) is 1. The highest BCUT2D eigenvalue weighted by atomic mass is 16.4. The number of rotatable bonds is 8. The SMILES string of the molecule is CC(=O)N(Cc1ccc(NC(=O)CC(C)(C)CC(=O)O)cc1)C(C)C. The molecule has 0 saturated carbocycles. The van der Waals surface area contributed by atoms with Crippen LogP contribution in [-0.2, 0) is 20.9 Å². The number of hydrogen-bond acceptors (Lipinski definition) is 3. The van der Waals surface area contributed by atoms with E-state index in [1.807, 2.05) is 26.0 Å². The summed E-state index contributed by atoms with van der Waals surface area (Å²) in [5.41, 5.74) is 1.03. The predicted octanol–water partition coefficient (Wildman–Crippen LogP) is 3.27. The summed E-state index contributed by atoms with van der Waals surface area (Å²) in [5.74, 6) is -1.11. The second kappa shape index (κ2) is 8.65. The monoisotopic (exact) mass is 348 g/mol. The molecule has 0 heterocycles. The van der Waals surface area contributed by atoms with Gasteiger partial charge >= 0.3 is 5.97 Å². The van der Waals surface area contributed by atoms with Crippen molar-refractivity contribution in [3.8, 4) is 0 Å². The van der Waals surface area contributed by atoms with E-state index < -0.39 is 11.4 Å². The van der Waals surface area contributed by atoms with Crippen molar-refractivity contribution in [1.82, 2.24) is 4.90 Å². The quantitative estimate of drug-likeness (QED) is 0.755. The van der Waals surface area contributed by atoms with Crippen LogP contribution < -0.4 is 5.32 Å². The fourth-order valence-corrected chi connectivity index (χ4v) is 2.66. The van der Waals surface area contributed by atoms with Crippen LogP contribution in [0.3, 0.4) is 0 Å². The summed E-state index contributed by atoms with van der Waals surface area (Å²) in [6, 6.07) is 7.44. The average Bonchev–Trinajstić information content (AvgIpc) is 2.43. The summed E-state index contributed by atoms with van der Waals surface area (Å²) in [6.45, 7) is 9.52. The number of carbonyl (C=O) groups excluding carboxylic acids is 2. The van der Waals surface area contributed by atoms with Crippen LogP contribution in [-0.4, -0.2) is 33.8 Å². The molecular formula is C19H28N2O4. The highest BCUT2D eigenvalue weighted by molar-refractivity contribution is 5.91. The van der Waals surface area contributed by atoms with Crippen molar-refractivity contribution >= 4 is 23.5 Å². The lowest BCUT2D eigenvalue weighted by molar-refractivity contribution is -0.139. The Morgan fingerprint density at radius 1 is 1.12 bits per heavy atom. The zero-order valence-corrected chi connectivity index (χ0v) is 15.6. The van der Waals surface area contributed by atoms with Crippen molar-refractivity contribution in [3.05, 3.63) is 29.8 Å². The number of anilines is 1. The Bertz CT molecular complexity index is 621. The molecule has 0 radical (unpaired) electrons. The molecule has 2 amide bonds. The van der Waals surface area contributed by atoms with E-state index in [0.29, 0.717) is 12.2 Å². The minimum atomic E-state index is -0.915. The van der Waals surface area contributed by atoms with Crippen LogP contribution in [0.15, 0.2) is 24.3 Å². The summed E-state index contributed by atoms with van der Waals surface area (Å²) < 4.78 is 0. The highest BCUT2D eigenvalue weighted by Gasteiger charge is 2.25. The first-order valence-corrected chi connectivity index (χ1v) is 8.38. The maximum absolute atomic E-state index is 12.1. The molecule has 0 aliphatic heterocycles. The zero-order chi connectivity index (χ0) is 19.2. The molecule has 6 nitrogen and oxygen atoms in total. The van der Waals surface area contributed by atoms with Crippen molar-refractivity contribution in [1.29, 1.82) is 0 Å². The van der Waals surface area contributed by atoms with E-state index in [2.05, 4.69) is 5.32 Å². The van der Waals surface area contributed by atoms with Gasteiger partial charge in [-0.15, -0.1) is 0 Å². The molecule has 0 spiro atoms. The Morgan fingerprint density at radius 2 is 1.68 bits per heavy atom. The number of hydrogen-bond donors (Lipinski definition) is 2. The van der Waals surface area contributed by atoms with Gasteiger partial charge in [-0.25, -0.2) is 0 Å². The highest BCUT2D eigenvalue weighted by Crippen LogP contribution is 2.25.